The van der Waals surface area contributed by atoms with E-state index in [1.165, 1.54) is 4.57 Å². The van der Waals surface area contributed by atoms with Gasteiger partial charge < -0.3 is 15.2 Å². The quantitative estimate of drug-likeness (QED) is 0.670. The zero-order chi connectivity index (χ0) is 18.8. The summed E-state index contributed by atoms with van der Waals surface area (Å²) in [6, 6.07) is 8.20. The Bertz CT molecular complexity index is 1010. The molecular weight excluding hydrogens is 346 g/mol. The Labute approximate surface area is 157 Å². The molecule has 2 aromatic heterocycles. The molecule has 3 rings (SSSR count). The molecule has 3 aromatic rings. The van der Waals surface area contributed by atoms with Crippen LogP contribution in [0.25, 0.3) is 22.2 Å². The van der Waals surface area contributed by atoms with Crippen LogP contribution in [0.4, 0.5) is 11.5 Å². The molecule has 0 aliphatic heterocycles. The van der Waals surface area contributed by atoms with Crippen LogP contribution in [-0.4, -0.2) is 33.9 Å². The number of benzene rings is 1. The van der Waals surface area contributed by atoms with Crippen LogP contribution < -0.4 is 16.2 Å². The summed E-state index contributed by atoms with van der Waals surface area (Å²) in [6.45, 7) is 4.04. The van der Waals surface area contributed by atoms with Crippen molar-refractivity contribution in [3.63, 3.8) is 0 Å². The van der Waals surface area contributed by atoms with E-state index in [9.17, 15) is 4.79 Å². The summed E-state index contributed by atoms with van der Waals surface area (Å²) in [5.41, 5.74) is 3.40. The summed E-state index contributed by atoms with van der Waals surface area (Å²) in [7, 11) is 3.61. The second-order valence-corrected chi connectivity index (χ2v) is 7.22. The Morgan fingerprint density at radius 1 is 1.23 bits per heavy atom. The average Bonchev–Trinajstić information content (AvgIpc) is 2.63. The van der Waals surface area contributed by atoms with Crippen LogP contribution >= 0.6 is 11.8 Å². The molecule has 0 spiro atoms. The minimum Gasteiger partial charge on any atom is -0.387 e. The molecule has 0 aliphatic carbocycles. The first kappa shape index (κ1) is 18.3. The summed E-state index contributed by atoms with van der Waals surface area (Å²) in [6.07, 6.45) is 3.59. The van der Waals surface area contributed by atoms with Gasteiger partial charge in [0, 0.05) is 36.3 Å². The molecule has 0 unspecified atom stereocenters. The monoisotopic (exact) mass is 369 g/mol. The van der Waals surface area contributed by atoms with Crippen molar-refractivity contribution in [2.45, 2.75) is 24.8 Å². The van der Waals surface area contributed by atoms with Crippen molar-refractivity contribution in [3.8, 4) is 11.3 Å². The van der Waals surface area contributed by atoms with Gasteiger partial charge >= 0.3 is 0 Å². The van der Waals surface area contributed by atoms with Crippen LogP contribution in [0.3, 0.4) is 0 Å². The second kappa shape index (κ2) is 7.37. The highest BCUT2D eigenvalue weighted by Crippen LogP contribution is 2.32. The fourth-order valence-electron chi connectivity index (χ4n) is 2.80. The van der Waals surface area contributed by atoms with Crippen molar-refractivity contribution < 1.29 is 0 Å². The third-order valence-electron chi connectivity index (χ3n) is 4.09. The molecule has 1 aromatic carbocycles. The van der Waals surface area contributed by atoms with E-state index in [4.69, 9.17) is 4.98 Å². The lowest BCUT2D eigenvalue weighted by molar-refractivity contribution is 0.839. The van der Waals surface area contributed by atoms with Crippen LogP contribution in [0, 0.1) is 0 Å². The highest BCUT2D eigenvalue weighted by atomic mass is 32.2. The normalized spacial score (nSPS) is 11.2. The van der Waals surface area contributed by atoms with E-state index in [1.807, 2.05) is 45.4 Å². The molecular formula is C19H23N5OS. The largest absolute Gasteiger partial charge is 0.387 e. The number of nitrogens with one attached hydrogen (secondary N) is 2. The fraction of sp³-hybridized carbons (Fsp3) is 0.316. The van der Waals surface area contributed by atoms with Crippen LogP contribution in [0.1, 0.15) is 13.8 Å². The van der Waals surface area contributed by atoms with Crippen molar-refractivity contribution in [2.24, 2.45) is 7.05 Å². The lowest BCUT2D eigenvalue weighted by Gasteiger charge is -2.15. The molecule has 2 heterocycles. The number of aryl methyl sites for hydroxylation is 1. The summed E-state index contributed by atoms with van der Waals surface area (Å²) in [5.74, 6) is 0.574. The zero-order valence-corrected chi connectivity index (χ0v) is 16.4. The molecule has 0 saturated heterocycles. The molecule has 0 atom stereocenters. The summed E-state index contributed by atoms with van der Waals surface area (Å²) in [4.78, 5) is 22.9. The van der Waals surface area contributed by atoms with Gasteiger partial charge in [-0.05, 0) is 38.3 Å². The number of aromatic nitrogens is 3. The lowest BCUT2D eigenvalue weighted by Crippen LogP contribution is -2.21. The van der Waals surface area contributed by atoms with Crippen molar-refractivity contribution in [1.82, 2.24) is 14.5 Å². The van der Waals surface area contributed by atoms with Crippen molar-refractivity contribution >= 4 is 34.2 Å². The van der Waals surface area contributed by atoms with Gasteiger partial charge in [0.15, 0.2) is 0 Å². The van der Waals surface area contributed by atoms with E-state index >= 15 is 0 Å². The van der Waals surface area contributed by atoms with Gasteiger partial charge in [-0.25, -0.2) is 9.97 Å². The first-order valence-corrected chi connectivity index (χ1v) is 9.66. The Morgan fingerprint density at radius 2 is 2.00 bits per heavy atom. The van der Waals surface area contributed by atoms with Gasteiger partial charge in [0.2, 0.25) is 0 Å². The number of pyridine rings is 1. The smallest absolute Gasteiger partial charge is 0.264 e. The van der Waals surface area contributed by atoms with Crippen LogP contribution in [-0.2, 0) is 7.05 Å². The van der Waals surface area contributed by atoms with Crippen molar-refractivity contribution in [1.29, 1.82) is 0 Å². The van der Waals surface area contributed by atoms with Crippen LogP contribution in [0.2, 0.25) is 0 Å². The lowest BCUT2D eigenvalue weighted by atomic mass is 10.1. The van der Waals surface area contributed by atoms with Gasteiger partial charge in [0.1, 0.15) is 11.2 Å². The van der Waals surface area contributed by atoms with Crippen LogP contribution in [0.15, 0.2) is 40.3 Å². The predicted molar refractivity (Wildman–Crippen MR) is 110 cm³/mol. The number of hydrogen-bond donors (Lipinski definition) is 2. The molecule has 136 valence electrons. The minimum atomic E-state index is -0.104. The molecule has 0 fully saturated rings. The molecule has 6 nitrogen and oxygen atoms in total. The van der Waals surface area contributed by atoms with Gasteiger partial charge in [0.25, 0.3) is 5.56 Å². The molecule has 0 saturated carbocycles. The summed E-state index contributed by atoms with van der Waals surface area (Å²) in [5, 5.41) is 7.01. The highest BCUT2D eigenvalue weighted by molar-refractivity contribution is 7.98. The molecule has 0 radical (unpaired) electrons. The fourth-order valence-corrected chi connectivity index (χ4v) is 3.44. The third-order valence-corrected chi connectivity index (χ3v) is 4.87. The first-order valence-electron chi connectivity index (χ1n) is 8.43. The van der Waals surface area contributed by atoms with E-state index < -0.39 is 0 Å². The van der Waals surface area contributed by atoms with E-state index in [-0.39, 0.29) is 11.6 Å². The first-order chi connectivity index (χ1) is 12.4. The number of nitrogens with zero attached hydrogens (tertiary/aromatic N) is 3. The predicted octanol–water partition coefficient (Wildman–Crippen LogP) is 3.58. The van der Waals surface area contributed by atoms with Crippen molar-refractivity contribution in [3.05, 3.63) is 40.9 Å². The summed E-state index contributed by atoms with van der Waals surface area (Å²) >= 11 is 1.68. The number of hydrogen-bond acceptors (Lipinski definition) is 6. The van der Waals surface area contributed by atoms with E-state index in [1.54, 1.807) is 25.1 Å². The number of fused-ring (bicyclic) bond motifs is 1. The van der Waals surface area contributed by atoms with Gasteiger partial charge in [-0.3, -0.25) is 4.79 Å². The molecule has 26 heavy (non-hydrogen) atoms. The van der Waals surface area contributed by atoms with Crippen molar-refractivity contribution in [2.75, 3.05) is 23.9 Å². The Balaban J connectivity index is 2.25. The standard InChI is InChI=1S/C19H23N5OS/c1-11(2)22-18-17-15(21-10-24(4)19(17)25)9-14(23-18)12-6-7-13(20-3)16(8-12)26-5/h6-11,20H,1-5H3,(H,22,23). The van der Waals surface area contributed by atoms with E-state index in [0.717, 1.165) is 21.8 Å². The summed E-state index contributed by atoms with van der Waals surface area (Å²) < 4.78 is 1.47. The maximum absolute atomic E-state index is 12.6. The maximum atomic E-state index is 12.6. The number of thioether (sulfide) groups is 1. The van der Waals surface area contributed by atoms with E-state index in [2.05, 4.69) is 21.7 Å². The van der Waals surface area contributed by atoms with Gasteiger partial charge in [-0.1, -0.05) is 6.07 Å². The molecule has 7 heteroatoms. The van der Waals surface area contributed by atoms with E-state index in [0.29, 0.717) is 16.7 Å². The second-order valence-electron chi connectivity index (χ2n) is 6.37. The molecule has 0 aliphatic rings. The molecule has 2 N–H and O–H groups in total. The zero-order valence-electron chi connectivity index (χ0n) is 15.6. The minimum absolute atomic E-state index is 0.104. The van der Waals surface area contributed by atoms with Crippen LogP contribution in [0.5, 0.6) is 0 Å². The van der Waals surface area contributed by atoms with Gasteiger partial charge in [0.05, 0.1) is 17.5 Å². The van der Waals surface area contributed by atoms with Gasteiger partial charge in [-0.15, -0.1) is 11.8 Å². The van der Waals surface area contributed by atoms with Gasteiger partial charge in [-0.2, -0.15) is 0 Å². The topological polar surface area (TPSA) is 71.8 Å². The number of anilines is 2. The molecule has 0 amide bonds. The highest BCUT2D eigenvalue weighted by Gasteiger charge is 2.14. The maximum Gasteiger partial charge on any atom is 0.264 e. The molecule has 0 bridgehead atoms. The Morgan fingerprint density at radius 3 is 2.65 bits per heavy atom. The Kier molecular flexibility index (Phi) is 5.18. The SMILES string of the molecule is CNc1ccc(-c2cc3ncn(C)c(=O)c3c(NC(C)C)n2)cc1SC. The average molecular weight is 369 g/mol. The third kappa shape index (κ3) is 3.39. The Hall–Kier alpha value is -2.54. The number of rotatable bonds is 5.